The molecule has 0 spiro atoms. The molecule has 0 aliphatic rings. The Labute approximate surface area is 174 Å². The van der Waals surface area contributed by atoms with E-state index in [9.17, 15) is 4.79 Å². The van der Waals surface area contributed by atoms with Crippen LogP contribution in [0.1, 0.15) is 18.0 Å². The Morgan fingerprint density at radius 1 is 1.21 bits per heavy atom. The highest BCUT2D eigenvalue weighted by atomic mass is 79.9. The number of aromatic nitrogens is 3. The Balaban J connectivity index is 1.31. The first kappa shape index (κ1) is 18.7. The highest BCUT2D eigenvalue weighted by molar-refractivity contribution is 9.10. The number of carbonyl (C=O) groups excluding carboxylic acids is 1. The Kier molecular flexibility index (Phi) is 5.45. The van der Waals surface area contributed by atoms with Crippen molar-refractivity contribution in [2.45, 2.75) is 19.4 Å². The first-order valence-electron chi connectivity index (χ1n) is 8.68. The predicted octanol–water partition coefficient (Wildman–Crippen LogP) is 4.65. The molecule has 3 aromatic heterocycles. The quantitative estimate of drug-likeness (QED) is 0.455. The molecular formula is C20H16BrClN4O2. The van der Waals surface area contributed by atoms with Gasteiger partial charge < -0.3 is 14.1 Å². The summed E-state index contributed by atoms with van der Waals surface area (Å²) < 4.78 is 8.60. The van der Waals surface area contributed by atoms with Crippen LogP contribution in [0.25, 0.3) is 17.0 Å². The summed E-state index contributed by atoms with van der Waals surface area (Å²) >= 11 is 9.60. The Morgan fingerprint density at radius 2 is 2.07 bits per heavy atom. The van der Waals surface area contributed by atoms with Crippen molar-refractivity contribution in [3.05, 3.63) is 76.1 Å². The van der Waals surface area contributed by atoms with E-state index < -0.39 is 0 Å². The van der Waals surface area contributed by atoms with Gasteiger partial charge >= 0.3 is 0 Å². The number of benzene rings is 1. The molecule has 0 aliphatic heterocycles. The number of amides is 1. The van der Waals surface area contributed by atoms with Gasteiger partial charge in [0.1, 0.15) is 5.65 Å². The van der Waals surface area contributed by atoms with Gasteiger partial charge in [0.2, 0.25) is 5.91 Å². The minimum atomic E-state index is -0.0873. The summed E-state index contributed by atoms with van der Waals surface area (Å²) in [4.78, 5) is 20.9. The van der Waals surface area contributed by atoms with Gasteiger partial charge in [-0.05, 0) is 40.2 Å². The summed E-state index contributed by atoms with van der Waals surface area (Å²) in [6, 6.07) is 11.2. The maximum absolute atomic E-state index is 12.1. The zero-order valence-electron chi connectivity index (χ0n) is 14.7. The van der Waals surface area contributed by atoms with Gasteiger partial charge in [0.05, 0.1) is 23.5 Å². The Morgan fingerprint density at radius 3 is 2.93 bits per heavy atom. The smallest absolute Gasteiger partial charge is 0.220 e. The molecule has 4 rings (SSSR count). The highest BCUT2D eigenvalue weighted by Gasteiger charge is 2.11. The Bertz CT molecular complexity index is 1140. The number of imidazole rings is 1. The second-order valence-electron chi connectivity index (χ2n) is 6.22. The van der Waals surface area contributed by atoms with Gasteiger partial charge in [0.25, 0.3) is 0 Å². The number of hydrogen-bond acceptors (Lipinski definition) is 4. The van der Waals surface area contributed by atoms with Crippen molar-refractivity contribution in [2.75, 3.05) is 0 Å². The van der Waals surface area contributed by atoms with Crippen LogP contribution in [-0.2, 0) is 17.8 Å². The maximum atomic E-state index is 12.1. The van der Waals surface area contributed by atoms with E-state index >= 15 is 0 Å². The fraction of sp³-hybridized carbons (Fsp3) is 0.150. The van der Waals surface area contributed by atoms with Crippen molar-refractivity contribution in [3.63, 3.8) is 0 Å². The van der Waals surface area contributed by atoms with Crippen LogP contribution in [0.5, 0.6) is 0 Å². The molecule has 6 nitrogen and oxygen atoms in total. The van der Waals surface area contributed by atoms with Crippen molar-refractivity contribution in [3.8, 4) is 11.3 Å². The van der Waals surface area contributed by atoms with E-state index in [0.29, 0.717) is 29.6 Å². The van der Waals surface area contributed by atoms with Gasteiger partial charge in [-0.25, -0.2) is 9.97 Å². The number of carbonyl (C=O) groups is 1. The third-order valence-electron chi connectivity index (χ3n) is 4.19. The number of fused-ring (bicyclic) bond motifs is 1. The van der Waals surface area contributed by atoms with E-state index in [1.165, 1.54) is 0 Å². The number of oxazole rings is 1. The van der Waals surface area contributed by atoms with E-state index in [4.69, 9.17) is 16.0 Å². The second kappa shape index (κ2) is 8.16. The lowest BCUT2D eigenvalue weighted by molar-refractivity contribution is -0.121. The number of rotatable bonds is 6. The van der Waals surface area contributed by atoms with Crippen molar-refractivity contribution >= 4 is 39.1 Å². The number of hydrogen-bond donors (Lipinski definition) is 1. The summed E-state index contributed by atoms with van der Waals surface area (Å²) in [5, 5.41) is 3.47. The van der Waals surface area contributed by atoms with Crippen molar-refractivity contribution in [1.29, 1.82) is 0 Å². The molecule has 3 heterocycles. The topological polar surface area (TPSA) is 72.4 Å². The van der Waals surface area contributed by atoms with Crippen LogP contribution < -0.4 is 5.32 Å². The lowest BCUT2D eigenvalue weighted by atomic mass is 10.2. The van der Waals surface area contributed by atoms with Crippen LogP contribution in [0.4, 0.5) is 0 Å². The molecule has 0 radical (unpaired) electrons. The molecule has 0 saturated carbocycles. The molecular weight excluding hydrogens is 444 g/mol. The molecule has 0 atom stereocenters. The number of halogens is 2. The molecule has 1 N–H and O–H groups in total. The molecule has 8 heteroatoms. The van der Waals surface area contributed by atoms with Crippen LogP contribution in [-0.4, -0.2) is 20.3 Å². The lowest BCUT2D eigenvalue weighted by Crippen LogP contribution is -2.23. The van der Waals surface area contributed by atoms with Crippen molar-refractivity contribution in [2.24, 2.45) is 0 Å². The largest absolute Gasteiger partial charge is 0.441 e. The minimum Gasteiger partial charge on any atom is -0.441 e. The summed E-state index contributed by atoms with van der Waals surface area (Å²) in [6.07, 6.45) is 6.14. The van der Waals surface area contributed by atoms with Gasteiger partial charge in [-0.2, -0.15) is 0 Å². The maximum Gasteiger partial charge on any atom is 0.220 e. The molecule has 0 fully saturated rings. The number of nitrogens with one attached hydrogen (secondary N) is 1. The van der Waals surface area contributed by atoms with Crippen LogP contribution in [0.3, 0.4) is 0 Å². The van der Waals surface area contributed by atoms with Gasteiger partial charge in [0.15, 0.2) is 11.7 Å². The molecule has 28 heavy (non-hydrogen) atoms. The summed E-state index contributed by atoms with van der Waals surface area (Å²) in [6.45, 7) is 0.370. The van der Waals surface area contributed by atoms with Gasteiger partial charge in [-0.1, -0.05) is 23.7 Å². The second-order valence-corrected chi connectivity index (χ2v) is 7.54. The van der Waals surface area contributed by atoms with Crippen LogP contribution in [0, 0.1) is 0 Å². The molecule has 1 aromatic carbocycles. The minimum absolute atomic E-state index is 0.0873. The fourth-order valence-corrected chi connectivity index (χ4v) is 3.39. The van der Waals surface area contributed by atoms with Gasteiger partial charge in [0, 0.05) is 35.3 Å². The monoisotopic (exact) mass is 458 g/mol. The average Bonchev–Trinajstić information content (AvgIpc) is 3.31. The van der Waals surface area contributed by atoms with E-state index in [2.05, 4.69) is 31.2 Å². The van der Waals surface area contributed by atoms with Crippen molar-refractivity contribution in [1.82, 2.24) is 19.7 Å². The van der Waals surface area contributed by atoms with Crippen LogP contribution >= 0.6 is 27.5 Å². The SMILES string of the molecule is O=C(CCc1ncc(-c2ccccc2Cl)o1)NCc1cn2cc(Br)ccc2n1. The van der Waals surface area contributed by atoms with Crippen molar-refractivity contribution < 1.29 is 9.21 Å². The van der Waals surface area contributed by atoms with Crippen LogP contribution in [0.2, 0.25) is 5.02 Å². The summed E-state index contributed by atoms with van der Waals surface area (Å²) in [5.41, 5.74) is 2.41. The normalized spacial score (nSPS) is 11.1. The predicted molar refractivity (Wildman–Crippen MR) is 110 cm³/mol. The van der Waals surface area contributed by atoms with Gasteiger partial charge in [-0.15, -0.1) is 0 Å². The number of pyridine rings is 1. The van der Waals surface area contributed by atoms with Crippen LogP contribution in [0.15, 0.2) is 63.9 Å². The molecule has 4 aromatic rings. The van der Waals surface area contributed by atoms with E-state index in [-0.39, 0.29) is 12.3 Å². The summed E-state index contributed by atoms with van der Waals surface area (Å²) in [7, 11) is 0. The molecule has 0 unspecified atom stereocenters. The zero-order chi connectivity index (χ0) is 19.5. The Hall–Kier alpha value is -2.64. The third kappa shape index (κ3) is 4.26. The lowest BCUT2D eigenvalue weighted by Gasteiger charge is -2.02. The number of nitrogens with zero attached hydrogens (tertiary/aromatic N) is 3. The van der Waals surface area contributed by atoms with E-state index in [1.807, 2.05) is 47.1 Å². The molecule has 0 saturated heterocycles. The highest BCUT2D eigenvalue weighted by Crippen LogP contribution is 2.28. The zero-order valence-corrected chi connectivity index (χ0v) is 17.1. The first-order chi connectivity index (χ1) is 13.6. The first-order valence-corrected chi connectivity index (χ1v) is 9.85. The third-order valence-corrected chi connectivity index (χ3v) is 4.99. The molecule has 0 aliphatic carbocycles. The average molecular weight is 460 g/mol. The van der Waals surface area contributed by atoms with E-state index in [1.54, 1.807) is 12.3 Å². The number of aryl methyl sites for hydroxylation is 1. The standard InChI is InChI=1S/C20H16BrClN4O2/c21-13-5-6-18-25-14(12-26(18)11-13)9-23-19(27)7-8-20-24-10-17(28-20)15-3-1-2-4-16(15)22/h1-6,10-12H,7-9H2,(H,23,27). The van der Waals surface area contributed by atoms with E-state index in [0.717, 1.165) is 21.4 Å². The molecule has 142 valence electrons. The summed E-state index contributed by atoms with van der Waals surface area (Å²) in [5.74, 6) is 1.01. The fourth-order valence-electron chi connectivity index (χ4n) is 2.81. The molecule has 0 bridgehead atoms. The van der Waals surface area contributed by atoms with Gasteiger partial charge in [-0.3, -0.25) is 4.79 Å². The molecule has 1 amide bonds.